The molecule has 0 aliphatic carbocycles. The van der Waals surface area contributed by atoms with E-state index in [4.69, 9.17) is 19.7 Å². The SMILES string of the molecule is Cc1cc(C(C)(C)c2cc(C)c(OCCO)c(C)c2)cc(C)c1COCO. The normalized spacial score (nSPS) is 11.7. The predicted octanol–water partition coefficient (Wildman–Crippen LogP) is 4.08. The molecule has 2 N–H and O–H groups in total. The second kappa shape index (κ2) is 8.87. The first-order valence-electron chi connectivity index (χ1n) is 9.37. The van der Waals surface area contributed by atoms with Crippen LogP contribution in [-0.2, 0) is 16.8 Å². The molecule has 0 saturated carbocycles. The smallest absolute Gasteiger partial charge is 0.144 e. The highest BCUT2D eigenvalue weighted by Gasteiger charge is 2.26. The summed E-state index contributed by atoms with van der Waals surface area (Å²) < 4.78 is 10.9. The molecule has 2 aromatic rings. The molecule has 0 amide bonds. The Morgan fingerprint density at radius 1 is 0.815 bits per heavy atom. The van der Waals surface area contributed by atoms with Crippen LogP contribution >= 0.6 is 0 Å². The number of rotatable bonds is 8. The molecule has 2 rings (SSSR count). The van der Waals surface area contributed by atoms with Gasteiger partial charge in [0.25, 0.3) is 0 Å². The number of benzene rings is 2. The topological polar surface area (TPSA) is 58.9 Å². The molecule has 4 heteroatoms. The van der Waals surface area contributed by atoms with Crippen molar-refractivity contribution < 1.29 is 19.7 Å². The monoisotopic (exact) mass is 372 g/mol. The first-order chi connectivity index (χ1) is 12.7. The van der Waals surface area contributed by atoms with E-state index >= 15 is 0 Å². The number of ether oxygens (including phenoxy) is 2. The van der Waals surface area contributed by atoms with Gasteiger partial charge in [-0.15, -0.1) is 0 Å². The van der Waals surface area contributed by atoms with Gasteiger partial charge in [-0.2, -0.15) is 0 Å². The predicted molar refractivity (Wildman–Crippen MR) is 108 cm³/mol. The molecule has 0 aliphatic heterocycles. The van der Waals surface area contributed by atoms with E-state index in [2.05, 4.69) is 52.0 Å². The largest absolute Gasteiger partial charge is 0.491 e. The van der Waals surface area contributed by atoms with Crippen LogP contribution in [0.15, 0.2) is 24.3 Å². The summed E-state index contributed by atoms with van der Waals surface area (Å²) in [7, 11) is 0. The molecule has 4 nitrogen and oxygen atoms in total. The van der Waals surface area contributed by atoms with Crippen molar-refractivity contribution in [1.29, 1.82) is 0 Å². The van der Waals surface area contributed by atoms with E-state index in [0.717, 1.165) is 22.4 Å². The van der Waals surface area contributed by atoms with Gasteiger partial charge in [0.15, 0.2) is 0 Å². The van der Waals surface area contributed by atoms with Gasteiger partial charge in [0.1, 0.15) is 19.1 Å². The van der Waals surface area contributed by atoms with E-state index < -0.39 is 0 Å². The van der Waals surface area contributed by atoms with Gasteiger partial charge in [-0.05, 0) is 66.6 Å². The Balaban J connectivity index is 2.43. The van der Waals surface area contributed by atoms with Gasteiger partial charge in [-0.25, -0.2) is 0 Å². The molecule has 0 bridgehead atoms. The maximum atomic E-state index is 9.02. The van der Waals surface area contributed by atoms with Crippen LogP contribution in [0, 0.1) is 27.7 Å². The minimum atomic E-state index is -0.268. The van der Waals surface area contributed by atoms with Gasteiger partial charge in [0.2, 0.25) is 0 Å². The maximum absolute atomic E-state index is 9.02. The maximum Gasteiger partial charge on any atom is 0.144 e. The molecule has 0 radical (unpaired) electrons. The third kappa shape index (κ3) is 4.70. The zero-order valence-electron chi connectivity index (χ0n) is 17.3. The molecule has 0 atom stereocenters. The highest BCUT2D eigenvalue weighted by molar-refractivity contribution is 5.50. The fourth-order valence-corrected chi connectivity index (χ4v) is 3.58. The molecular formula is C23H32O4. The van der Waals surface area contributed by atoms with Crippen molar-refractivity contribution >= 4 is 0 Å². The summed E-state index contributed by atoms with van der Waals surface area (Å²) in [4.78, 5) is 0. The molecular weight excluding hydrogens is 340 g/mol. The van der Waals surface area contributed by atoms with Gasteiger partial charge >= 0.3 is 0 Å². The molecule has 2 aromatic carbocycles. The molecule has 0 spiro atoms. The van der Waals surface area contributed by atoms with Crippen LogP contribution in [0.25, 0.3) is 0 Å². The summed E-state index contributed by atoms with van der Waals surface area (Å²) >= 11 is 0. The fourth-order valence-electron chi connectivity index (χ4n) is 3.58. The van der Waals surface area contributed by atoms with Crippen molar-refractivity contribution in [3.8, 4) is 5.75 Å². The lowest BCUT2D eigenvalue weighted by atomic mass is 9.75. The minimum Gasteiger partial charge on any atom is -0.491 e. The third-order valence-corrected chi connectivity index (χ3v) is 5.28. The number of aryl methyl sites for hydroxylation is 4. The Labute approximate surface area is 162 Å². The van der Waals surface area contributed by atoms with E-state index in [1.807, 2.05) is 13.8 Å². The number of hydrogen-bond donors (Lipinski definition) is 2. The second-order valence-electron chi connectivity index (χ2n) is 7.70. The van der Waals surface area contributed by atoms with E-state index in [-0.39, 0.29) is 18.8 Å². The van der Waals surface area contributed by atoms with Crippen LogP contribution in [0.4, 0.5) is 0 Å². The molecule has 27 heavy (non-hydrogen) atoms. The standard InChI is InChI=1S/C23H32O4/c1-15-9-19(10-16(2)21(15)13-26-14-25)23(5,6)20-11-17(3)22(18(4)12-20)27-8-7-24/h9-12,24-25H,7-8,13-14H2,1-6H3. The lowest BCUT2D eigenvalue weighted by Gasteiger charge is -2.29. The van der Waals surface area contributed by atoms with Gasteiger partial charge in [0.05, 0.1) is 13.2 Å². The van der Waals surface area contributed by atoms with Gasteiger partial charge in [0, 0.05) is 5.41 Å². The highest BCUT2D eigenvalue weighted by atomic mass is 16.6. The van der Waals surface area contributed by atoms with Crippen molar-refractivity contribution in [2.45, 2.75) is 53.6 Å². The minimum absolute atomic E-state index is 0.0109. The molecule has 0 fully saturated rings. The quantitative estimate of drug-likeness (QED) is 0.686. The van der Waals surface area contributed by atoms with E-state index in [0.29, 0.717) is 13.2 Å². The van der Waals surface area contributed by atoms with Crippen molar-refractivity contribution in [3.63, 3.8) is 0 Å². The van der Waals surface area contributed by atoms with E-state index in [1.165, 1.54) is 22.3 Å². The average Bonchev–Trinajstić information content (AvgIpc) is 2.60. The molecule has 0 aliphatic rings. The molecule has 148 valence electrons. The van der Waals surface area contributed by atoms with E-state index in [9.17, 15) is 0 Å². The lowest BCUT2D eigenvalue weighted by Crippen LogP contribution is -2.20. The van der Waals surface area contributed by atoms with Crippen LogP contribution in [0.2, 0.25) is 0 Å². The average molecular weight is 373 g/mol. The second-order valence-corrected chi connectivity index (χ2v) is 7.70. The number of aliphatic hydroxyl groups excluding tert-OH is 2. The van der Waals surface area contributed by atoms with Crippen LogP contribution in [0.3, 0.4) is 0 Å². The number of aliphatic hydroxyl groups is 2. The summed E-state index contributed by atoms with van der Waals surface area (Å²) in [5.74, 6) is 0.854. The Morgan fingerprint density at radius 2 is 1.30 bits per heavy atom. The van der Waals surface area contributed by atoms with Crippen molar-refractivity contribution in [2.24, 2.45) is 0 Å². The Kier molecular flexibility index (Phi) is 7.04. The van der Waals surface area contributed by atoms with Crippen LogP contribution in [-0.4, -0.2) is 30.2 Å². The van der Waals surface area contributed by atoms with Crippen molar-refractivity contribution in [3.05, 3.63) is 63.2 Å². The lowest BCUT2D eigenvalue weighted by molar-refractivity contribution is -0.0115. The Bertz CT molecular complexity index is 681. The highest BCUT2D eigenvalue weighted by Crippen LogP contribution is 2.37. The van der Waals surface area contributed by atoms with Crippen LogP contribution < -0.4 is 4.74 Å². The van der Waals surface area contributed by atoms with Gasteiger partial charge in [-0.3, -0.25) is 0 Å². The Morgan fingerprint density at radius 3 is 1.74 bits per heavy atom. The zero-order valence-corrected chi connectivity index (χ0v) is 17.3. The van der Waals surface area contributed by atoms with E-state index in [1.54, 1.807) is 0 Å². The number of hydrogen-bond acceptors (Lipinski definition) is 4. The zero-order chi connectivity index (χ0) is 20.2. The first-order valence-corrected chi connectivity index (χ1v) is 9.37. The summed E-state index contributed by atoms with van der Waals surface area (Å²) in [6.07, 6.45) is 0. The van der Waals surface area contributed by atoms with Crippen LogP contribution in [0.5, 0.6) is 5.75 Å². The molecule has 0 unspecified atom stereocenters. The van der Waals surface area contributed by atoms with Crippen LogP contribution in [0.1, 0.15) is 52.8 Å². The van der Waals surface area contributed by atoms with Crippen molar-refractivity contribution in [1.82, 2.24) is 0 Å². The summed E-state index contributed by atoms with van der Waals surface area (Å²) in [5.41, 5.74) is 7.92. The summed E-state index contributed by atoms with van der Waals surface area (Å²) in [5, 5.41) is 17.9. The fraction of sp³-hybridized carbons (Fsp3) is 0.478. The third-order valence-electron chi connectivity index (χ3n) is 5.28. The first kappa shape index (κ1) is 21.4. The molecule has 0 saturated heterocycles. The van der Waals surface area contributed by atoms with Gasteiger partial charge in [-0.1, -0.05) is 38.1 Å². The van der Waals surface area contributed by atoms with Gasteiger partial charge < -0.3 is 19.7 Å². The molecule has 0 aromatic heterocycles. The Hall–Kier alpha value is -1.88. The molecule has 0 heterocycles. The van der Waals surface area contributed by atoms with Crippen molar-refractivity contribution in [2.75, 3.05) is 20.0 Å². The summed E-state index contributed by atoms with van der Waals surface area (Å²) in [6, 6.07) is 8.77. The summed E-state index contributed by atoms with van der Waals surface area (Å²) in [6.45, 7) is 13.2.